The Bertz CT molecular complexity index is 506. The van der Waals surface area contributed by atoms with Gasteiger partial charge in [-0.25, -0.2) is 0 Å². The van der Waals surface area contributed by atoms with E-state index in [1.807, 2.05) is 44.3 Å². The molecule has 0 spiro atoms. The number of halogens is 1. The van der Waals surface area contributed by atoms with Crippen molar-refractivity contribution in [3.8, 4) is 0 Å². The van der Waals surface area contributed by atoms with Crippen LogP contribution in [0.4, 0.5) is 5.69 Å². The minimum atomic E-state index is 0.758. The molecule has 0 amide bonds. The molecule has 0 fully saturated rings. The quantitative estimate of drug-likeness (QED) is 0.887. The van der Waals surface area contributed by atoms with E-state index < -0.39 is 0 Å². The largest absolute Gasteiger partial charge is 0.381 e. The zero-order valence-corrected chi connectivity index (χ0v) is 10.8. The summed E-state index contributed by atoms with van der Waals surface area (Å²) in [5.74, 6) is 0. The Kier molecular flexibility index (Phi) is 3.64. The number of hydrogen-bond acceptors (Lipinski definition) is 2. The lowest BCUT2D eigenvalue weighted by Crippen LogP contribution is -2.01. The highest BCUT2D eigenvalue weighted by Crippen LogP contribution is 2.23. The van der Waals surface area contributed by atoms with E-state index in [-0.39, 0.29) is 0 Å². The summed E-state index contributed by atoms with van der Waals surface area (Å²) in [5, 5.41) is 4.15. The molecule has 1 aromatic carbocycles. The van der Waals surface area contributed by atoms with Crippen molar-refractivity contribution in [3.63, 3.8) is 0 Å². The Hall–Kier alpha value is -1.54. The molecule has 1 aromatic heterocycles. The summed E-state index contributed by atoms with van der Waals surface area (Å²) >= 11 is 6.06. The van der Waals surface area contributed by atoms with Crippen molar-refractivity contribution < 1.29 is 0 Å². The van der Waals surface area contributed by atoms with Crippen molar-refractivity contribution in [1.29, 1.82) is 0 Å². The smallest absolute Gasteiger partial charge is 0.0455 e. The molecule has 0 aliphatic rings. The van der Waals surface area contributed by atoms with Gasteiger partial charge in [0.1, 0.15) is 0 Å². The average Bonchev–Trinajstić information content (AvgIpc) is 2.33. The van der Waals surface area contributed by atoms with Crippen molar-refractivity contribution in [1.82, 2.24) is 4.98 Å². The highest BCUT2D eigenvalue weighted by Gasteiger charge is 2.01. The van der Waals surface area contributed by atoms with E-state index >= 15 is 0 Å². The van der Waals surface area contributed by atoms with E-state index in [1.165, 1.54) is 0 Å². The molecule has 0 saturated heterocycles. The maximum Gasteiger partial charge on any atom is 0.0455 e. The van der Waals surface area contributed by atoms with Crippen LogP contribution in [0.15, 0.2) is 36.5 Å². The Morgan fingerprint density at radius 3 is 2.71 bits per heavy atom. The van der Waals surface area contributed by atoms with Crippen LogP contribution >= 0.6 is 11.6 Å². The van der Waals surface area contributed by atoms with Crippen LogP contribution in [0.2, 0.25) is 5.02 Å². The van der Waals surface area contributed by atoms with Crippen LogP contribution in [0.25, 0.3) is 0 Å². The topological polar surface area (TPSA) is 24.9 Å². The molecular weight excluding hydrogens is 232 g/mol. The molecule has 1 heterocycles. The third-order valence-electron chi connectivity index (χ3n) is 2.72. The molecule has 0 bridgehead atoms. The molecule has 0 saturated carbocycles. The van der Waals surface area contributed by atoms with Gasteiger partial charge < -0.3 is 5.32 Å². The van der Waals surface area contributed by atoms with Crippen molar-refractivity contribution in [2.75, 3.05) is 5.32 Å². The SMILES string of the molecule is Cc1ccc(CNc2cccc(Cl)c2C)cn1. The van der Waals surface area contributed by atoms with Gasteiger partial charge in [0, 0.05) is 29.1 Å². The maximum atomic E-state index is 6.06. The summed E-state index contributed by atoms with van der Waals surface area (Å²) < 4.78 is 0. The predicted octanol–water partition coefficient (Wildman–Crippen LogP) is 3.96. The van der Waals surface area contributed by atoms with Gasteiger partial charge in [0.25, 0.3) is 0 Å². The fourth-order valence-electron chi connectivity index (χ4n) is 1.60. The van der Waals surface area contributed by atoms with Crippen molar-refractivity contribution >= 4 is 17.3 Å². The maximum absolute atomic E-state index is 6.06. The molecule has 0 unspecified atom stereocenters. The van der Waals surface area contributed by atoms with Crippen LogP contribution in [-0.2, 0) is 6.54 Å². The first-order valence-corrected chi connectivity index (χ1v) is 5.95. The zero-order valence-electron chi connectivity index (χ0n) is 10.00. The van der Waals surface area contributed by atoms with Gasteiger partial charge in [0.05, 0.1) is 0 Å². The first-order valence-electron chi connectivity index (χ1n) is 5.57. The van der Waals surface area contributed by atoms with Crippen LogP contribution < -0.4 is 5.32 Å². The molecule has 0 aliphatic heterocycles. The van der Waals surface area contributed by atoms with E-state index in [4.69, 9.17) is 11.6 Å². The fraction of sp³-hybridized carbons (Fsp3) is 0.214. The Morgan fingerprint density at radius 1 is 1.18 bits per heavy atom. The average molecular weight is 247 g/mol. The highest BCUT2D eigenvalue weighted by atomic mass is 35.5. The molecule has 0 aliphatic carbocycles. The van der Waals surface area contributed by atoms with Gasteiger partial charge in [-0.15, -0.1) is 0 Å². The molecular formula is C14H15ClN2. The molecule has 88 valence electrons. The molecule has 0 atom stereocenters. The second-order valence-electron chi connectivity index (χ2n) is 4.07. The molecule has 2 aromatic rings. The van der Waals surface area contributed by atoms with E-state index in [9.17, 15) is 0 Å². The highest BCUT2D eigenvalue weighted by molar-refractivity contribution is 6.31. The number of hydrogen-bond donors (Lipinski definition) is 1. The summed E-state index contributed by atoms with van der Waals surface area (Å²) in [6, 6.07) is 9.97. The van der Waals surface area contributed by atoms with Gasteiger partial charge in [-0.05, 0) is 43.2 Å². The Balaban J connectivity index is 2.07. The summed E-state index contributed by atoms with van der Waals surface area (Å²) in [6.45, 7) is 4.75. The summed E-state index contributed by atoms with van der Waals surface area (Å²) in [7, 11) is 0. The van der Waals surface area contributed by atoms with Crippen LogP contribution in [-0.4, -0.2) is 4.98 Å². The molecule has 3 heteroatoms. The number of pyridine rings is 1. The minimum Gasteiger partial charge on any atom is -0.381 e. The number of aromatic nitrogens is 1. The Morgan fingerprint density at radius 2 is 2.00 bits per heavy atom. The van der Waals surface area contributed by atoms with E-state index in [1.54, 1.807) is 0 Å². The monoisotopic (exact) mass is 246 g/mol. The fourth-order valence-corrected chi connectivity index (χ4v) is 1.77. The van der Waals surface area contributed by atoms with Gasteiger partial charge >= 0.3 is 0 Å². The zero-order chi connectivity index (χ0) is 12.3. The first kappa shape index (κ1) is 11.9. The van der Waals surface area contributed by atoms with Gasteiger partial charge in [-0.3, -0.25) is 4.98 Å². The van der Waals surface area contributed by atoms with Gasteiger partial charge in [0.2, 0.25) is 0 Å². The second-order valence-corrected chi connectivity index (χ2v) is 4.48. The summed E-state index contributed by atoms with van der Waals surface area (Å²) in [5.41, 5.74) is 4.34. The van der Waals surface area contributed by atoms with Crippen LogP contribution in [0.5, 0.6) is 0 Å². The number of aryl methyl sites for hydroxylation is 1. The Labute approximate surface area is 107 Å². The molecule has 17 heavy (non-hydrogen) atoms. The van der Waals surface area contributed by atoms with E-state index in [0.717, 1.165) is 34.1 Å². The van der Waals surface area contributed by atoms with Crippen molar-refractivity contribution in [2.24, 2.45) is 0 Å². The lowest BCUT2D eigenvalue weighted by atomic mass is 10.2. The molecule has 2 nitrogen and oxygen atoms in total. The summed E-state index contributed by atoms with van der Waals surface area (Å²) in [4.78, 5) is 4.27. The molecule has 0 radical (unpaired) electrons. The number of benzene rings is 1. The van der Waals surface area contributed by atoms with Crippen molar-refractivity contribution in [2.45, 2.75) is 20.4 Å². The van der Waals surface area contributed by atoms with E-state index in [2.05, 4.69) is 16.4 Å². The normalized spacial score (nSPS) is 10.3. The third kappa shape index (κ3) is 2.98. The van der Waals surface area contributed by atoms with Gasteiger partial charge in [0.15, 0.2) is 0 Å². The lowest BCUT2D eigenvalue weighted by Gasteiger charge is -2.10. The van der Waals surface area contributed by atoms with Crippen LogP contribution in [0, 0.1) is 13.8 Å². The first-order chi connectivity index (χ1) is 8.16. The van der Waals surface area contributed by atoms with Crippen LogP contribution in [0.1, 0.15) is 16.8 Å². The molecule has 2 rings (SSSR count). The number of anilines is 1. The van der Waals surface area contributed by atoms with Gasteiger partial charge in [-0.2, -0.15) is 0 Å². The van der Waals surface area contributed by atoms with Crippen LogP contribution in [0.3, 0.4) is 0 Å². The lowest BCUT2D eigenvalue weighted by molar-refractivity contribution is 1.08. The number of nitrogens with one attached hydrogen (secondary N) is 1. The second kappa shape index (κ2) is 5.19. The summed E-state index contributed by atoms with van der Waals surface area (Å²) in [6.07, 6.45) is 1.89. The number of rotatable bonds is 3. The molecule has 1 N–H and O–H groups in total. The third-order valence-corrected chi connectivity index (χ3v) is 3.13. The van der Waals surface area contributed by atoms with E-state index in [0.29, 0.717) is 0 Å². The number of nitrogens with zero attached hydrogens (tertiary/aromatic N) is 1. The standard InChI is InChI=1S/C14H15ClN2/c1-10-6-7-12(8-16-10)9-17-14-5-3-4-13(15)11(14)2/h3-8,17H,9H2,1-2H3. The predicted molar refractivity (Wildman–Crippen MR) is 72.5 cm³/mol. The van der Waals surface area contributed by atoms with Crippen molar-refractivity contribution in [3.05, 3.63) is 58.4 Å². The van der Waals surface area contributed by atoms with Gasteiger partial charge in [-0.1, -0.05) is 23.7 Å². The minimum absolute atomic E-state index is 0.758.